The van der Waals surface area contributed by atoms with Gasteiger partial charge in [-0.25, -0.2) is 9.78 Å². The minimum absolute atomic E-state index is 0.0657. The number of carbonyl (C=O) groups excluding carboxylic acids is 3. The summed E-state index contributed by atoms with van der Waals surface area (Å²) < 4.78 is 3.84. The molecule has 0 radical (unpaired) electrons. The molecule has 3 amide bonds. The summed E-state index contributed by atoms with van der Waals surface area (Å²) in [5.41, 5.74) is 5.68. The van der Waals surface area contributed by atoms with E-state index in [1.165, 1.54) is 4.90 Å². The molecule has 1 aliphatic rings. The number of ketones is 1. The van der Waals surface area contributed by atoms with Crippen molar-refractivity contribution in [3.63, 3.8) is 0 Å². The number of urea groups is 1. The molecule has 0 bridgehead atoms. The Kier molecular flexibility index (Phi) is 7.27. The number of Topliss-reactive ketones (excluding diaryl/α,β-unsaturated/α-hetero) is 1. The number of imidazole rings is 1. The molecule has 1 N–H and O–H groups in total. The zero-order valence-electron chi connectivity index (χ0n) is 23.2. The Hall–Kier alpha value is -4.87. The second-order valence-corrected chi connectivity index (χ2v) is 10.9. The van der Waals surface area contributed by atoms with E-state index in [-0.39, 0.29) is 24.7 Å². The zero-order valence-corrected chi connectivity index (χ0v) is 24.0. The number of hydrogen-bond acceptors (Lipinski definition) is 4. The minimum Gasteiger partial charge on any atom is -0.349 e. The number of nitrogens with one attached hydrogen (secondary N) is 1. The molecule has 1 fully saturated rings. The quantitative estimate of drug-likeness (QED) is 0.161. The van der Waals surface area contributed by atoms with Crippen molar-refractivity contribution in [1.29, 1.82) is 0 Å². The number of hydrogen-bond donors (Lipinski definition) is 1. The average molecular weight is 578 g/mol. The number of nitrogens with zero attached hydrogens (tertiary/aromatic N) is 4. The van der Waals surface area contributed by atoms with Crippen LogP contribution in [-0.2, 0) is 18.3 Å². The summed E-state index contributed by atoms with van der Waals surface area (Å²) in [7, 11) is 1.90. The molecular formula is C33H28ClN5O3. The molecule has 1 saturated heterocycles. The standard InChI is InChI=1S/C33H28ClN5O3/c1-21-11-12-23(17-22(21)13-14-25-19-35-30-10-3-4-15-38(25)30)29(40)9-6-16-39-32(41)28(36-33(39)42)18-24-20-37(2)31-26(24)7-5-8-27(31)34/h3-5,7-8,10-12,15,17,19-20,28H,6,9,16,18H2,1-2H3,(H,36,42). The van der Waals surface area contributed by atoms with Gasteiger partial charge in [0.05, 0.1) is 16.7 Å². The molecule has 5 aromatic rings. The van der Waals surface area contributed by atoms with Gasteiger partial charge in [-0.3, -0.25) is 18.9 Å². The number of halogens is 1. The smallest absolute Gasteiger partial charge is 0.324 e. The normalized spacial score (nSPS) is 14.8. The number of pyridine rings is 1. The Morgan fingerprint density at radius 3 is 2.81 bits per heavy atom. The number of rotatable bonds is 7. The van der Waals surface area contributed by atoms with Gasteiger partial charge in [-0.15, -0.1) is 0 Å². The van der Waals surface area contributed by atoms with E-state index in [0.717, 1.165) is 38.9 Å². The summed E-state index contributed by atoms with van der Waals surface area (Å²) in [5, 5.41) is 4.39. The van der Waals surface area contributed by atoms with Gasteiger partial charge in [-0.1, -0.05) is 47.9 Å². The van der Waals surface area contributed by atoms with Crippen LogP contribution in [0.1, 0.15) is 45.6 Å². The van der Waals surface area contributed by atoms with Gasteiger partial charge in [0.15, 0.2) is 5.78 Å². The van der Waals surface area contributed by atoms with E-state index in [9.17, 15) is 14.4 Å². The Morgan fingerprint density at radius 1 is 1.10 bits per heavy atom. The van der Waals surface area contributed by atoms with E-state index < -0.39 is 12.1 Å². The lowest BCUT2D eigenvalue weighted by atomic mass is 10.0. The van der Waals surface area contributed by atoms with E-state index in [0.29, 0.717) is 23.4 Å². The molecule has 9 heteroatoms. The molecule has 0 aliphatic carbocycles. The van der Waals surface area contributed by atoms with Crippen molar-refractivity contribution in [2.75, 3.05) is 6.54 Å². The molecule has 4 heterocycles. The van der Waals surface area contributed by atoms with Crippen molar-refractivity contribution in [2.45, 2.75) is 32.2 Å². The third-order valence-electron chi connectivity index (χ3n) is 7.65. The second kappa shape index (κ2) is 11.2. The lowest BCUT2D eigenvalue weighted by Gasteiger charge is -2.13. The average Bonchev–Trinajstić information content (AvgIpc) is 3.62. The fourth-order valence-electron chi connectivity index (χ4n) is 5.44. The fourth-order valence-corrected chi connectivity index (χ4v) is 5.75. The Bertz CT molecular complexity index is 1940. The first-order valence-corrected chi connectivity index (χ1v) is 14.1. The minimum atomic E-state index is -0.663. The van der Waals surface area contributed by atoms with E-state index in [4.69, 9.17) is 11.6 Å². The number of fused-ring (bicyclic) bond motifs is 2. The Balaban J connectivity index is 1.08. The van der Waals surface area contributed by atoms with E-state index in [1.807, 2.05) is 77.8 Å². The van der Waals surface area contributed by atoms with Crippen molar-refractivity contribution in [3.8, 4) is 11.8 Å². The number of carbonyl (C=O) groups is 3. The Labute approximate surface area is 247 Å². The molecular weight excluding hydrogens is 550 g/mol. The summed E-state index contributed by atoms with van der Waals surface area (Å²) in [4.78, 5) is 44.4. The largest absolute Gasteiger partial charge is 0.349 e. The molecule has 42 heavy (non-hydrogen) atoms. The number of para-hydroxylation sites is 1. The number of aromatic nitrogens is 3. The summed E-state index contributed by atoms with van der Waals surface area (Å²) in [6, 6.07) is 15.8. The summed E-state index contributed by atoms with van der Waals surface area (Å²) in [6.45, 7) is 2.12. The maximum Gasteiger partial charge on any atom is 0.324 e. The number of benzene rings is 2. The third kappa shape index (κ3) is 5.15. The van der Waals surface area contributed by atoms with Crippen molar-refractivity contribution in [2.24, 2.45) is 7.05 Å². The van der Waals surface area contributed by atoms with Gasteiger partial charge in [-0.2, -0.15) is 0 Å². The van der Waals surface area contributed by atoms with Crippen LogP contribution < -0.4 is 5.32 Å². The van der Waals surface area contributed by atoms with Crippen LogP contribution in [0.15, 0.2) is 73.2 Å². The SMILES string of the molecule is Cc1ccc(C(=O)CCCN2C(=O)NC(Cc3cn(C)c4c(Cl)cccc34)C2=O)cc1C#Cc1cnc2ccccn12. The van der Waals surface area contributed by atoms with Gasteiger partial charge in [0.2, 0.25) is 0 Å². The van der Waals surface area contributed by atoms with Crippen LogP contribution in [0.3, 0.4) is 0 Å². The van der Waals surface area contributed by atoms with Crippen molar-refractivity contribution < 1.29 is 14.4 Å². The Morgan fingerprint density at radius 2 is 1.95 bits per heavy atom. The van der Waals surface area contributed by atoms with Crippen molar-refractivity contribution in [3.05, 3.63) is 106 Å². The van der Waals surface area contributed by atoms with Gasteiger partial charge in [-0.05, 0) is 54.7 Å². The zero-order chi connectivity index (χ0) is 29.4. The molecule has 6 rings (SSSR count). The first kappa shape index (κ1) is 27.3. The third-order valence-corrected chi connectivity index (χ3v) is 7.96. The van der Waals surface area contributed by atoms with Crippen molar-refractivity contribution in [1.82, 2.24) is 24.2 Å². The van der Waals surface area contributed by atoms with Gasteiger partial charge < -0.3 is 9.88 Å². The highest BCUT2D eigenvalue weighted by molar-refractivity contribution is 6.35. The predicted molar refractivity (Wildman–Crippen MR) is 162 cm³/mol. The number of aryl methyl sites for hydroxylation is 2. The maximum absolute atomic E-state index is 13.1. The van der Waals surface area contributed by atoms with Gasteiger partial charge in [0.1, 0.15) is 17.4 Å². The van der Waals surface area contributed by atoms with Gasteiger partial charge in [0.25, 0.3) is 5.91 Å². The molecule has 1 unspecified atom stereocenters. The summed E-state index contributed by atoms with van der Waals surface area (Å²) in [6.07, 6.45) is 6.50. The molecule has 0 saturated carbocycles. The highest BCUT2D eigenvalue weighted by atomic mass is 35.5. The lowest BCUT2D eigenvalue weighted by molar-refractivity contribution is -0.127. The second-order valence-electron chi connectivity index (χ2n) is 10.5. The highest BCUT2D eigenvalue weighted by Crippen LogP contribution is 2.29. The number of imide groups is 1. The molecule has 3 aromatic heterocycles. The molecule has 1 atom stereocenters. The van der Waals surface area contributed by atoms with Crippen molar-refractivity contribution >= 4 is 45.9 Å². The van der Waals surface area contributed by atoms with Crippen LogP contribution in [0.5, 0.6) is 0 Å². The van der Waals surface area contributed by atoms with Crippen LogP contribution in [-0.4, -0.2) is 49.2 Å². The maximum atomic E-state index is 13.1. The molecule has 2 aromatic carbocycles. The van der Waals surface area contributed by atoms with Crippen LogP contribution >= 0.6 is 11.6 Å². The molecule has 8 nitrogen and oxygen atoms in total. The van der Waals surface area contributed by atoms with E-state index >= 15 is 0 Å². The van der Waals surface area contributed by atoms with Crippen LogP contribution in [0, 0.1) is 18.8 Å². The van der Waals surface area contributed by atoms with E-state index in [2.05, 4.69) is 22.1 Å². The van der Waals surface area contributed by atoms with Gasteiger partial charge >= 0.3 is 6.03 Å². The molecule has 210 valence electrons. The molecule has 0 spiro atoms. The first-order valence-electron chi connectivity index (χ1n) is 13.7. The predicted octanol–water partition coefficient (Wildman–Crippen LogP) is 5.31. The fraction of sp³-hybridized carbons (Fsp3) is 0.212. The summed E-state index contributed by atoms with van der Waals surface area (Å²) >= 11 is 6.36. The number of amides is 3. The molecule has 1 aliphatic heterocycles. The monoisotopic (exact) mass is 577 g/mol. The van der Waals surface area contributed by atoms with Crippen LogP contribution in [0.25, 0.3) is 16.6 Å². The first-order chi connectivity index (χ1) is 20.3. The lowest BCUT2D eigenvalue weighted by Crippen LogP contribution is -2.33. The van der Waals surface area contributed by atoms with Gasteiger partial charge in [0, 0.05) is 55.3 Å². The highest BCUT2D eigenvalue weighted by Gasteiger charge is 2.38. The van der Waals surface area contributed by atoms with E-state index in [1.54, 1.807) is 18.3 Å². The van der Waals surface area contributed by atoms with Crippen LogP contribution in [0.2, 0.25) is 5.02 Å². The van der Waals surface area contributed by atoms with Crippen LogP contribution in [0.4, 0.5) is 4.79 Å². The topological polar surface area (TPSA) is 88.7 Å². The summed E-state index contributed by atoms with van der Waals surface area (Å²) in [5.74, 6) is 5.99.